The van der Waals surface area contributed by atoms with Gasteiger partial charge in [0.15, 0.2) is 5.65 Å². The van der Waals surface area contributed by atoms with Gasteiger partial charge in [-0.25, -0.2) is 4.98 Å². The minimum absolute atomic E-state index is 0.0833. The van der Waals surface area contributed by atoms with Crippen molar-refractivity contribution in [3.05, 3.63) is 65.3 Å². The summed E-state index contributed by atoms with van der Waals surface area (Å²) in [7, 11) is 3.42. The van der Waals surface area contributed by atoms with Crippen LogP contribution < -0.4 is 10.5 Å². The van der Waals surface area contributed by atoms with E-state index in [1.54, 1.807) is 19.0 Å². The molecule has 130 valence electrons. The lowest BCUT2D eigenvalue weighted by molar-refractivity contribution is -0.118. The Kier molecular flexibility index (Phi) is 3.76. The second-order valence-electron chi connectivity index (χ2n) is 6.17. The van der Waals surface area contributed by atoms with Crippen LogP contribution in [-0.4, -0.2) is 32.3 Å². The van der Waals surface area contributed by atoms with E-state index in [1.807, 2.05) is 42.5 Å². The number of amides is 1. The predicted molar refractivity (Wildman–Crippen MR) is 100 cm³/mol. The molecule has 26 heavy (non-hydrogen) atoms. The van der Waals surface area contributed by atoms with Crippen LogP contribution in [0.25, 0.3) is 21.8 Å². The number of aryl methyl sites for hydroxylation is 1. The standard InChI is InChI=1S/C19H17N5O2/c1-22(15-8-7-13-5-3-4-6-14(13)9-15)17(25)11-24-12-20-18-16(19(24)26)10-21-23(18)2/h3-10,12H,11H2,1-2H3. The summed E-state index contributed by atoms with van der Waals surface area (Å²) in [5.74, 6) is -0.201. The van der Waals surface area contributed by atoms with E-state index < -0.39 is 0 Å². The molecule has 1 amide bonds. The largest absolute Gasteiger partial charge is 0.314 e. The molecule has 0 aliphatic heterocycles. The Labute approximate surface area is 149 Å². The molecular weight excluding hydrogens is 330 g/mol. The van der Waals surface area contributed by atoms with E-state index in [9.17, 15) is 9.59 Å². The predicted octanol–water partition coefficient (Wildman–Crippen LogP) is 1.95. The minimum Gasteiger partial charge on any atom is -0.314 e. The minimum atomic E-state index is -0.275. The van der Waals surface area contributed by atoms with Gasteiger partial charge in [0, 0.05) is 19.8 Å². The van der Waals surface area contributed by atoms with Crippen LogP contribution in [0.3, 0.4) is 0 Å². The number of fused-ring (bicyclic) bond motifs is 2. The van der Waals surface area contributed by atoms with Gasteiger partial charge in [-0.15, -0.1) is 0 Å². The average Bonchev–Trinajstić information content (AvgIpc) is 3.04. The first-order valence-electron chi connectivity index (χ1n) is 8.17. The summed E-state index contributed by atoms with van der Waals surface area (Å²) in [4.78, 5) is 30.9. The highest BCUT2D eigenvalue weighted by molar-refractivity contribution is 5.96. The number of carbonyl (C=O) groups is 1. The lowest BCUT2D eigenvalue weighted by Crippen LogP contribution is -2.34. The summed E-state index contributed by atoms with van der Waals surface area (Å²) < 4.78 is 2.84. The van der Waals surface area contributed by atoms with Crippen molar-refractivity contribution in [3.8, 4) is 0 Å². The second kappa shape index (κ2) is 6.11. The molecule has 0 N–H and O–H groups in total. The van der Waals surface area contributed by atoms with Gasteiger partial charge in [0.25, 0.3) is 5.56 Å². The van der Waals surface area contributed by atoms with Crippen molar-refractivity contribution < 1.29 is 4.79 Å². The summed E-state index contributed by atoms with van der Waals surface area (Å²) in [6.07, 6.45) is 2.86. The van der Waals surface area contributed by atoms with E-state index in [0.717, 1.165) is 16.5 Å². The van der Waals surface area contributed by atoms with E-state index in [2.05, 4.69) is 10.1 Å². The van der Waals surface area contributed by atoms with Gasteiger partial charge in [0.1, 0.15) is 18.3 Å². The lowest BCUT2D eigenvalue weighted by atomic mass is 10.1. The zero-order valence-electron chi connectivity index (χ0n) is 14.5. The maximum atomic E-state index is 12.7. The normalized spacial score (nSPS) is 11.2. The first-order valence-corrected chi connectivity index (χ1v) is 8.17. The summed E-state index contributed by atoms with van der Waals surface area (Å²) in [6.45, 7) is -0.0833. The molecule has 0 saturated heterocycles. The van der Waals surface area contributed by atoms with E-state index in [0.29, 0.717) is 11.0 Å². The van der Waals surface area contributed by atoms with Gasteiger partial charge in [-0.2, -0.15) is 5.10 Å². The fraction of sp³-hybridized carbons (Fsp3) is 0.158. The molecule has 0 atom stereocenters. The van der Waals surface area contributed by atoms with Crippen molar-refractivity contribution in [2.24, 2.45) is 7.05 Å². The van der Waals surface area contributed by atoms with Crippen LogP contribution >= 0.6 is 0 Å². The van der Waals surface area contributed by atoms with Crippen molar-refractivity contribution >= 4 is 33.4 Å². The van der Waals surface area contributed by atoms with Crippen molar-refractivity contribution in [3.63, 3.8) is 0 Å². The van der Waals surface area contributed by atoms with E-state index in [1.165, 1.54) is 21.8 Å². The van der Waals surface area contributed by atoms with Crippen LogP contribution in [0.5, 0.6) is 0 Å². The topological polar surface area (TPSA) is 73.0 Å². The highest BCUT2D eigenvalue weighted by atomic mass is 16.2. The SMILES string of the molecule is CN(C(=O)Cn1cnc2c(cnn2C)c1=O)c1ccc2ccccc2c1. The first-order chi connectivity index (χ1) is 12.5. The quantitative estimate of drug-likeness (QED) is 0.568. The Morgan fingerprint density at radius 2 is 1.92 bits per heavy atom. The number of aromatic nitrogens is 4. The highest BCUT2D eigenvalue weighted by Gasteiger charge is 2.15. The van der Waals surface area contributed by atoms with Crippen LogP contribution in [0.4, 0.5) is 5.69 Å². The van der Waals surface area contributed by atoms with Crippen LogP contribution in [0.1, 0.15) is 0 Å². The molecule has 4 aromatic rings. The number of anilines is 1. The van der Waals surface area contributed by atoms with Gasteiger partial charge in [-0.3, -0.25) is 18.8 Å². The third-order valence-electron chi connectivity index (χ3n) is 4.52. The van der Waals surface area contributed by atoms with Crippen molar-refractivity contribution in [2.75, 3.05) is 11.9 Å². The molecule has 0 aliphatic carbocycles. The fourth-order valence-corrected chi connectivity index (χ4v) is 2.96. The van der Waals surface area contributed by atoms with Gasteiger partial charge in [0.2, 0.25) is 5.91 Å². The first kappa shape index (κ1) is 16.0. The number of hydrogen-bond donors (Lipinski definition) is 0. The van der Waals surface area contributed by atoms with Gasteiger partial charge in [0.05, 0.1) is 6.20 Å². The molecule has 0 radical (unpaired) electrons. The van der Waals surface area contributed by atoms with E-state index >= 15 is 0 Å². The Bertz CT molecular complexity index is 1190. The maximum absolute atomic E-state index is 12.7. The molecule has 0 aliphatic rings. The number of carbonyl (C=O) groups excluding carboxylic acids is 1. The number of nitrogens with zero attached hydrogens (tertiary/aromatic N) is 5. The van der Waals surface area contributed by atoms with Gasteiger partial charge >= 0.3 is 0 Å². The monoisotopic (exact) mass is 347 g/mol. The highest BCUT2D eigenvalue weighted by Crippen LogP contribution is 2.21. The summed E-state index contributed by atoms with van der Waals surface area (Å²) in [5, 5.41) is 6.60. The van der Waals surface area contributed by atoms with Crippen LogP contribution in [-0.2, 0) is 18.4 Å². The molecular formula is C19H17N5O2. The molecule has 2 heterocycles. The van der Waals surface area contributed by atoms with Crippen LogP contribution in [0, 0.1) is 0 Å². The molecule has 0 saturated carbocycles. The number of hydrogen-bond acceptors (Lipinski definition) is 4. The molecule has 4 rings (SSSR count). The van der Waals surface area contributed by atoms with Crippen molar-refractivity contribution in [2.45, 2.75) is 6.54 Å². The molecule has 2 aromatic heterocycles. The summed E-state index contributed by atoms with van der Waals surface area (Å²) in [6, 6.07) is 13.8. The molecule has 0 fully saturated rings. The fourth-order valence-electron chi connectivity index (χ4n) is 2.96. The molecule has 7 nitrogen and oxygen atoms in total. The zero-order valence-corrected chi connectivity index (χ0v) is 14.5. The Balaban J connectivity index is 1.62. The second-order valence-corrected chi connectivity index (χ2v) is 6.17. The third kappa shape index (κ3) is 2.63. The number of rotatable bonds is 3. The lowest BCUT2D eigenvalue weighted by Gasteiger charge is -2.18. The summed E-state index contributed by atoms with van der Waals surface area (Å²) >= 11 is 0. The average molecular weight is 347 g/mol. The Morgan fingerprint density at radius 3 is 2.73 bits per heavy atom. The molecule has 0 bridgehead atoms. The molecule has 0 spiro atoms. The Hall–Kier alpha value is -3.48. The van der Waals surface area contributed by atoms with Crippen LogP contribution in [0.15, 0.2) is 59.8 Å². The Morgan fingerprint density at radius 1 is 1.15 bits per heavy atom. The third-order valence-corrected chi connectivity index (χ3v) is 4.52. The maximum Gasteiger partial charge on any atom is 0.264 e. The number of benzene rings is 2. The van der Waals surface area contributed by atoms with Crippen molar-refractivity contribution in [1.82, 2.24) is 19.3 Å². The van der Waals surface area contributed by atoms with E-state index in [-0.39, 0.29) is 18.0 Å². The molecule has 0 unspecified atom stereocenters. The zero-order chi connectivity index (χ0) is 18.3. The summed E-state index contributed by atoms with van der Waals surface area (Å²) in [5.41, 5.74) is 1.00. The van der Waals surface area contributed by atoms with Gasteiger partial charge in [-0.05, 0) is 22.9 Å². The van der Waals surface area contributed by atoms with E-state index in [4.69, 9.17) is 0 Å². The van der Waals surface area contributed by atoms with Gasteiger partial charge < -0.3 is 4.90 Å². The van der Waals surface area contributed by atoms with Crippen molar-refractivity contribution in [1.29, 1.82) is 0 Å². The smallest absolute Gasteiger partial charge is 0.264 e. The van der Waals surface area contributed by atoms with Crippen LogP contribution in [0.2, 0.25) is 0 Å². The molecule has 2 aromatic carbocycles. The molecule has 7 heteroatoms. The van der Waals surface area contributed by atoms with Gasteiger partial charge in [-0.1, -0.05) is 30.3 Å². The number of likely N-dealkylation sites (N-methyl/N-ethyl adjacent to an activating group) is 1.